The van der Waals surface area contributed by atoms with Crippen LogP contribution in [0.5, 0.6) is 0 Å². The van der Waals surface area contributed by atoms with Crippen LogP contribution < -0.4 is 9.73 Å². The molecule has 0 spiro atoms. The van der Waals surface area contributed by atoms with Crippen molar-refractivity contribution >= 4 is 50.5 Å². The van der Waals surface area contributed by atoms with Gasteiger partial charge in [0.25, 0.3) is 15.9 Å². The number of nitrogens with zero attached hydrogens (tertiary/aromatic N) is 2. The summed E-state index contributed by atoms with van der Waals surface area (Å²) in [5.74, 6) is -0.533. The topological polar surface area (TPSA) is 78.8 Å². The Morgan fingerprint density at radius 2 is 1.43 bits per heavy atom. The Hall–Kier alpha value is -2.09. The van der Waals surface area contributed by atoms with Gasteiger partial charge in [-0.3, -0.25) is 9.10 Å². The van der Waals surface area contributed by atoms with Crippen molar-refractivity contribution in [2.45, 2.75) is 75.5 Å². The summed E-state index contributed by atoms with van der Waals surface area (Å²) in [6, 6.07) is 12.4. The average Bonchev–Trinajstić information content (AvgIpc) is 2.83. The van der Waals surface area contributed by atoms with Gasteiger partial charge in [-0.25, -0.2) is 13.8 Å². The van der Waals surface area contributed by atoms with Crippen LogP contribution in [0.2, 0.25) is 10.0 Å². The maximum Gasteiger partial charge on any atom is 0.264 e. The van der Waals surface area contributed by atoms with E-state index in [1.807, 2.05) is 0 Å². The molecular formula is C26H33Cl2N3O3S. The summed E-state index contributed by atoms with van der Waals surface area (Å²) in [6.07, 6.45) is 12.4. The molecular weight excluding hydrogens is 505 g/mol. The number of carbonyl (C=O) groups is 1. The first-order valence-corrected chi connectivity index (χ1v) is 14.4. The third kappa shape index (κ3) is 8.51. The third-order valence-corrected chi connectivity index (χ3v) is 8.38. The van der Waals surface area contributed by atoms with Gasteiger partial charge in [-0.15, -0.1) is 0 Å². The predicted octanol–water partition coefficient (Wildman–Crippen LogP) is 6.97. The first kappa shape index (κ1) is 27.5. The lowest BCUT2D eigenvalue weighted by molar-refractivity contribution is -0.119. The summed E-state index contributed by atoms with van der Waals surface area (Å²) in [5, 5.41) is 4.89. The summed E-state index contributed by atoms with van der Waals surface area (Å²) in [7, 11) is -4.06. The Morgan fingerprint density at radius 3 is 2.00 bits per heavy atom. The molecule has 0 saturated heterocycles. The van der Waals surface area contributed by atoms with Crippen molar-refractivity contribution in [2.75, 3.05) is 10.8 Å². The quantitative estimate of drug-likeness (QED) is 0.404. The smallest absolute Gasteiger partial charge is 0.264 e. The second-order valence-electron chi connectivity index (χ2n) is 8.82. The van der Waals surface area contributed by atoms with Crippen molar-refractivity contribution in [3.8, 4) is 0 Å². The molecule has 1 N–H and O–H groups in total. The standard InChI is InChI=1S/C26H33Cl2N3O3S/c27-21-17-18-25(24(28)19-21)31(35(33,34)23-15-11-8-12-16-23)20-26(32)30-29-22-13-9-6-4-2-1-3-5-7-10-14-22/h8,11-12,15-19H,1-7,9-10,13-14,20H2,(H,30,32). The summed E-state index contributed by atoms with van der Waals surface area (Å²) < 4.78 is 27.9. The molecule has 3 rings (SSSR count). The number of hydrogen-bond acceptors (Lipinski definition) is 4. The van der Waals surface area contributed by atoms with E-state index < -0.39 is 22.5 Å². The molecule has 1 saturated carbocycles. The summed E-state index contributed by atoms with van der Waals surface area (Å²) in [4.78, 5) is 13.0. The third-order valence-electron chi connectivity index (χ3n) is 6.07. The molecule has 0 bridgehead atoms. The van der Waals surface area contributed by atoms with Crippen molar-refractivity contribution in [3.63, 3.8) is 0 Å². The number of sulfonamides is 1. The molecule has 1 amide bonds. The number of hydrazone groups is 1. The Morgan fingerprint density at radius 1 is 0.857 bits per heavy atom. The zero-order valence-electron chi connectivity index (χ0n) is 19.9. The van der Waals surface area contributed by atoms with Gasteiger partial charge >= 0.3 is 0 Å². The van der Waals surface area contributed by atoms with Gasteiger partial charge in [0, 0.05) is 10.7 Å². The van der Waals surface area contributed by atoms with E-state index in [4.69, 9.17) is 23.2 Å². The van der Waals surface area contributed by atoms with Crippen LogP contribution >= 0.6 is 23.2 Å². The lowest BCUT2D eigenvalue weighted by Crippen LogP contribution is -2.40. The van der Waals surface area contributed by atoms with Gasteiger partial charge in [-0.1, -0.05) is 86.3 Å². The maximum atomic E-state index is 13.4. The number of benzene rings is 2. The minimum absolute atomic E-state index is 0.0597. The van der Waals surface area contributed by atoms with Crippen LogP contribution in [0.3, 0.4) is 0 Å². The van der Waals surface area contributed by atoms with E-state index in [2.05, 4.69) is 10.5 Å². The van der Waals surface area contributed by atoms with Crippen LogP contribution in [0.1, 0.15) is 70.6 Å². The fraction of sp³-hybridized carbons (Fsp3) is 0.462. The maximum absolute atomic E-state index is 13.4. The van der Waals surface area contributed by atoms with Crippen molar-refractivity contribution < 1.29 is 13.2 Å². The van der Waals surface area contributed by atoms with Gasteiger partial charge < -0.3 is 0 Å². The minimum atomic E-state index is -4.06. The molecule has 1 fully saturated rings. The van der Waals surface area contributed by atoms with Gasteiger partial charge in [0.2, 0.25) is 0 Å². The Kier molecular flexibility index (Phi) is 10.9. The number of amides is 1. The highest BCUT2D eigenvalue weighted by Gasteiger charge is 2.28. The Balaban J connectivity index is 1.78. The van der Waals surface area contributed by atoms with Crippen molar-refractivity contribution in [1.29, 1.82) is 0 Å². The second-order valence-corrected chi connectivity index (χ2v) is 11.5. The number of nitrogens with one attached hydrogen (secondary N) is 1. The predicted molar refractivity (Wildman–Crippen MR) is 144 cm³/mol. The normalized spacial score (nSPS) is 16.0. The largest absolute Gasteiger partial charge is 0.271 e. The SMILES string of the molecule is O=C(CN(c1ccc(Cl)cc1Cl)S(=O)(=O)c1ccccc1)NN=C1CCCCCCCCCCC1. The van der Waals surface area contributed by atoms with Crippen LogP contribution in [-0.2, 0) is 14.8 Å². The van der Waals surface area contributed by atoms with Crippen LogP contribution in [-0.4, -0.2) is 26.6 Å². The zero-order chi connectivity index (χ0) is 25.1. The van der Waals surface area contributed by atoms with Crippen molar-refractivity contribution in [3.05, 3.63) is 58.6 Å². The second kappa shape index (κ2) is 13.9. The first-order chi connectivity index (χ1) is 16.9. The van der Waals surface area contributed by atoms with Crippen LogP contribution in [0.4, 0.5) is 5.69 Å². The summed E-state index contributed by atoms with van der Waals surface area (Å²) in [5.41, 5.74) is 3.73. The molecule has 35 heavy (non-hydrogen) atoms. The first-order valence-electron chi connectivity index (χ1n) is 12.2. The highest BCUT2D eigenvalue weighted by Crippen LogP contribution is 2.32. The molecule has 0 unspecified atom stereocenters. The molecule has 2 aromatic rings. The molecule has 0 aliphatic heterocycles. The number of carbonyl (C=O) groups excluding carboxylic acids is 1. The fourth-order valence-electron chi connectivity index (χ4n) is 4.14. The highest BCUT2D eigenvalue weighted by atomic mass is 35.5. The lowest BCUT2D eigenvalue weighted by atomic mass is 10.00. The van der Waals surface area contributed by atoms with Gasteiger partial charge in [0.15, 0.2) is 0 Å². The summed E-state index contributed by atoms with van der Waals surface area (Å²) in [6.45, 7) is -0.463. The molecule has 0 heterocycles. The van der Waals surface area contributed by atoms with E-state index in [1.165, 1.54) is 56.4 Å². The number of anilines is 1. The van der Waals surface area contributed by atoms with Crippen LogP contribution in [0.15, 0.2) is 58.5 Å². The van der Waals surface area contributed by atoms with Crippen molar-refractivity contribution in [2.24, 2.45) is 5.10 Å². The molecule has 9 heteroatoms. The molecule has 0 aromatic heterocycles. The van der Waals surface area contributed by atoms with Gasteiger partial charge in [-0.05, 0) is 56.0 Å². The van der Waals surface area contributed by atoms with Gasteiger partial charge in [0.05, 0.1) is 15.6 Å². The van der Waals surface area contributed by atoms with E-state index in [0.29, 0.717) is 5.02 Å². The monoisotopic (exact) mass is 537 g/mol. The Bertz CT molecular complexity index is 1090. The van der Waals surface area contributed by atoms with E-state index in [1.54, 1.807) is 24.3 Å². The number of halogens is 2. The van der Waals surface area contributed by atoms with E-state index in [9.17, 15) is 13.2 Å². The molecule has 1 aliphatic carbocycles. The summed E-state index contributed by atoms with van der Waals surface area (Å²) >= 11 is 12.3. The van der Waals surface area contributed by atoms with E-state index in [0.717, 1.165) is 48.5 Å². The van der Waals surface area contributed by atoms with Gasteiger partial charge in [-0.2, -0.15) is 5.10 Å². The van der Waals surface area contributed by atoms with Crippen molar-refractivity contribution in [1.82, 2.24) is 5.43 Å². The molecule has 1 aliphatic rings. The zero-order valence-corrected chi connectivity index (χ0v) is 22.2. The molecule has 6 nitrogen and oxygen atoms in total. The molecule has 2 aromatic carbocycles. The fourth-order valence-corrected chi connectivity index (χ4v) is 6.16. The number of hydrogen-bond donors (Lipinski definition) is 1. The Labute approximate surface area is 218 Å². The van der Waals surface area contributed by atoms with Crippen LogP contribution in [0, 0.1) is 0 Å². The molecule has 0 radical (unpaired) electrons. The highest BCUT2D eigenvalue weighted by molar-refractivity contribution is 7.92. The van der Waals surface area contributed by atoms with Crippen LogP contribution in [0.25, 0.3) is 0 Å². The number of rotatable bonds is 6. The van der Waals surface area contributed by atoms with Gasteiger partial charge in [0.1, 0.15) is 6.54 Å². The molecule has 190 valence electrons. The average molecular weight is 539 g/mol. The minimum Gasteiger partial charge on any atom is -0.271 e. The lowest BCUT2D eigenvalue weighted by Gasteiger charge is -2.24. The van der Waals surface area contributed by atoms with E-state index in [-0.39, 0.29) is 15.6 Å². The molecule has 0 atom stereocenters. The van der Waals surface area contributed by atoms with E-state index >= 15 is 0 Å².